The lowest BCUT2D eigenvalue weighted by molar-refractivity contribution is 0.168. The van der Waals surface area contributed by atoms with Crippen molar-refractivity contribution in [1.29, 1.82) is 0 Å². The normalized spacial score (nSPS) is 22.8. The SMILES string of the molecule is CC=CP(=O)(OCC1CCCC1)OCC1CCCC1. The summed E-state index contributed by atoms with van der Waals surface area (Å²) in [5.74, 6) is 2.78. The molecule has 110 valence electrons. The van der Waals surface area contributed by atoms with Gasteiger partial charge in [-0.05, 0) is 44.4 Å². The monoisotopic (exact) mass is 286 g/mol. The van der Waals surface area contributed by atoms with Crippen LogP contribution in [0.25, 0.3) is 0 Å². The third-order valence-corrected chi connectivity index (χ3v) is 5.94. The maximum absolute atomic E-state index is 12.6. The lowest BCUT2D eigenvalue weighted by Crippen LogP contribution is -2.08. The first kappa shape index (κ1) is 15.3. The summed E-state index contributed by atoms with van der Waals surface area (Å²) in [6.07, 6.45) is 11.7. The Balaban J connectivity index is 1.79. The summed E-state index contributed by atoms with van der Waals surface area (Å²) >= 11 is 0. The highest BCUT2D eigenvalue weighted by atomic mass is 31.2. The van der Waals surface area contributed by atoms with Crippen LogP contribution < -0.4 is 0 Å². The van der Waals surface area contributed by atoms with Gasteiger partial charge in [0.05, 0.1) is 13.2 Å². The van der Waals surface area contributed by atoms with Crippen LogP contribution in [0.3, 0.4) is 0 Å². The van der Waals surface area contributed by atoms with E-state index in [1.807, 2.05) is 6.92 Å². The van der Waals surface area contributed by atoms with Gasteiger partial charge in [0.2, 0.25) is 0 Å². The van der Waals surface area contributed by atoms with Crippen molar-refractivity contribution in [2.45, 2.75) is 58.3 Å². The van der Waals surface area contributed by atoms with E-state index in [2.05, 4.69) is 0 Å². The summed E-state index contributed by atoms with van der Waals surface area (Å²) in [7, 11) is -3.00. The molecule has 0 aromatic carbocycles. The van der Waals surface area contributed by atoms with Crippen LogP contribution in [0.5, 0.6) is 0 Å². The molecule has 0 heterocycles. The zero-order valence-electron chi connectivity index (χ0n) is 12.1. The molecule has 0 spiro atoms. The van der Waals surface area contributed by atoms with E-state index in [1.54, 1.807) is 11.9 Å². The molecule has 19 heavy (non-hydrogen) atoms. The first-order valence-corrected chi connectivity index (χ1v) is 9.36. The molecule has 2 aliphatic carbocycles. The maximum atomic E-state index is 12.6. The molecule has 0 radical (unpaired) electrons. The van der Waals surface area contributed by atoms with E-state index in [0.29, 0.717) is 25.0 Å². The third kappa shape index (κ3) is 5.06. The van der Waals surface area contributed by atoms with Crippen LogP contribution in [0.1, 0.15) is 58.3 Å². The van der Waals surface area contributed by atoms with Crippen molar-refractivity contribution in [2.75, 3.05) is 13.2 Å². The second-order valence-corrected chi connectivity index (χ2v) is 7.81. The molecule has 0 aromatic heterocycles. The van der Waals surface area contributed by atoms with Crippen LogP contribution in [0, 0.1) is 11.8 Å². The summed E-state index contributed by atoms with van der Waals surface area (Å²) in [6.45, 7) is 3.04. The van der Waals surface area contributed by atoms with Crippen molar-refractivity contribution < 1.29 is 13.6 Å². The van der Waals surface area contributed by atoms with Crippen molar-refractivity contribution in [3.8, 4) is 0 Å². The van der Waals surface area contributed by atoms with Gasteiger partial charge in [-0.25, -0.2) is 0 Å². The molecule has 0 unspecified atom stereocenters. The minimum Gasteiger partial charge on any atom is -0.305 e. The minimum absolute atomic E-state index is 0.577. The van der Waals surface area contributed by atoms with Crippen LogP contribution in [-0.4, -0.2) is 13.2 Å². The van der Waals surface area contributed by atoms with E-state index >= 15 is 0 Å². The van der Waals surface area contributed by atoms with Gasteiger partial charge in [-0.1, -0.05) is 31.8 Å². The molecule has 0 aliphatic heterocycles. The second kappa shape index (κ2) is 7.61. The Kier molecular flexibility index (Phi) is 6.12. The summed E-state index contributed by atoms with van der Waals surface area (Å²) in [6, 6.07) is 0. The fourth-order valence-corrected chi connectivity index (χ4v) is 4.53. The zero-order chi connectivity index (χ0) is 13.6. The zero-order valence-corrected chi connectivity index (χ0v) is 12.9. The Hall–Kier alpha value is -0.110. The number of rotatable bonds is 7. The molecule has 3 nitrogen and oxygen atoms in total. The van der Waals surface area contributed by atoms with Crippen molar-refractivity contribution in [3.63, 3.8) is 0 Å². The summed E-state index contributed by atoms with van der Waals surface area (Å²) in [5.41, 5.74) is 0. The molecule has 2 fully saturated rings. The van der Waals surface area contributed by atoms with E-state index in [9.17, 15) is 4.57 Å². The lowest BCUT2D eigenvalue weighted by atomic mass is 10.1. The molecule has 4 heteroatoms. The smallest absolute Gasteiger partial charge is 0.305 e. The molecule has 0 aromatic rings. The average molecular weight is 286 g/mol. The van der Waals surface area contributed by atoms with Gasteiger partial charge < -0.3 is 9.05 Å². The molecule has 0 amide bonds. The fourth-order valence-electron chi connectivity index (χ4n) is 3.08. The van der Waals surface area contributed by atoms with Gasteiger partial charge in [-0.15, -0.1) is 0 Å². The van der Waals surface area contributed by atoms with Crippen LogP contribution >= 0.6 is 7.60 Å². The lowest BCUT2D eigenvalue weighted by Gasteiger charge is -2.19. The fraction of sp³-hybridized carbons (Fsp3) is 0.867. The highest BCUT2D eigenvalue weighted by molar-refractivity contribution is 7.57. The Morgan fingerprint density at radius 1 is 0.947 bits per heavy atom. The maximum Gasteiger partial charge on any atom is 0.353 e. The van der Waals surface area contributed by atoms with Crippen LogP contribution in [0.2, 0.25) is 0 Å². The number of allylic oxidation sites excluding steroid dienone is 1. The van der Waals surface area contributed by atoms with Crippen molar-refractivity contribution in [1.82, 2.24) is 0 Å². The van der Waals surface area contributed by atoms with E-state index in [4.69, 9.17) is 9.05 Å². The molecule has 0 saturated heterocycles. The molecule has 0 atom stereocenters. The van der Waals surface area contributed by atoms with Gasteiger partial charge in [0, 0.05) is 5.82 Å². The Bertz CT molecular complexity index is 304. The molecule has 0 bridgehead atoms. The van der Waals surface area contributed by atoms with E-state index < -0.39 is 7.60 Å². The van der Waals surface area contributed by atoms with Crippen molar-refractivity contribution in [3.05, 3.63) is 11.9 Å². The average Bonchev–Trinajstić information content (AvgIpc) is 3.08. The van der Waals surface area contributed by atoms with Crippen LogP contribution in [0.4, 0.5) is 0 Å². The Morgan fingerprint density at radius 3 is 1.74 bits per heavy atom. The van der Waals surface area contributed by atoms with Crippen molar-refractivity contribution in [2.24, 2.45) is 11.8 Å². The summed E-state index contributed by atoms with van der Waals surface area (Å²) < 4.78 is 23.9. The molecule has 0 N–H and O–H groups in total. The molecular formula is C15H27O3P. The first-order valence-electron chi connectivity index (χ1n) is 7.74. The standard InChI is InChI=1S/C15H27O3P/c1-2-11-19(16,17-12-14-7-3-4-8-14)18-13-15-9-5-6-10-15/h2,11,14-15H,3-10,12-13H2,1H3. The largest absolute Gasteiger partial charge is 0.353 e. The molecular weight excluding hydrogens is 259 g/mol. The molecule has 2 rings (SSSR count). The topological polar surface area (TPSA) is 35.5 Å². The minimum atomic E-state index is -3.00. The van der Waals surface area contributed by atoms with Gasteiger partial charge in [-0.2, -0.15) is 0 Å². The second-order valence-electron chi connectivity index (χ2n) is 5.91. The highest BCUT2D eigenvalue weighted by Gasteiger charge is 2.26. The van der Waals surface area contributed by atoms with Crippen LogP contribution in [0.15, 0.2) is 11.9 Å². The van der Waals surface area contributed by atoms with Gasteiger partial charge >= 0.3 is 7.60 Å². The number of hydrogen-bond acceptors (Lipinski definition) is 3. The van der Waals surface area contributed by atoms with Gasteiger partial charge in [-0.3, -0.25) is 4.57 Å². The van der Waals surface area contributed by atoms with Crippen molar-refractivity contribution >= 4 is 7.60 Å². The van der Waals surface area contributed by atoms with E-state index in [1.165, 1.54) is 51.4 Å². The van der Waals surface area contributed by atoms with Gasteiger partial charge in [0.1, 0.15) is 0 Å². The van der Waals surface area contributed by atoms with E-state index in [-0.39, 0.29) is 0 Å². The third-order valence-electron chi connectivity index (χ3n) is 4.26. The molecule has 2 saturated carbocycles. The van der Waals surface area contributed by atoms with E-state index in [0.717, 1.165) is 0 Å². The predicted octanol–water partition coefficient (Wildman–Crippen LogP) is 5.13. The molecule has 2 aliphatic rings. The predicted molar refractivity (Wildman–Crippen MR) is 78.2 cm³/mol. The quantitative estimate of drug-likeness (QED) is 0.609. The first-order chi connectivity index (χ1) is 9.22. The highest BCUT2D eigenvalue weighted by Crippen LogP contribution is 2.51. The van der Waals surface area contributed by atoms with Gasteiger partial charge in [0.25, 0.3) is 0 Å². The summed E-state index contributed by atoms with van der Waals surface area (Å²) in [4.78, 5) is 0. The van der Waals surface area contributed by atoms with Gasteiger partial charge in [0.15, 0.2) is 0 Å². The Morgan fingerprint density at radius 2 is 1.37 bits per heavy atom. The van der Waals surface area contributed by atoms with Crippen LogP contribution in [-0.2, 0) is 13.6 Å². The number of hydrogen-bond donors (Lipinski definition) is 0. The Labute approximate surface area is 117 Å². The summed E-state index contributed by atoms with van der Waals surface area (Å²) in [5, 5.41) is 0.